The lowest BCUT2D eigenvalue weighted by atomic mass is 9.90. The van der Waals surface area contributed by atoms with Crippen molar-refractivity contribution >= 4 is 32.7 Å². The number of nitrogens with one attached hydrogen (secondary N) is 1. The number of hydrogen-bond acceptors (Lipinski definition) is 7. The number of benzene rings is 3. The molecule has 12 heteroatoms. The lowest BCUT2D eigenvalue weighted by molar-refractivity contribution is 0.0953. The van der Waals surface area contributed by atoms with E-state index in [0.717, 1.165) is 38.7 Å². The van der Waals surface area contributed by atoms with Crippen molar-refractivity contribution < 1.29 is 22.2 Å². The van der Waals surface area contributed by atoms with Crippen molar-refractivity contribution in [2.75, 3.05) is 51.4 Å². The van der Waals surface area contributed by atoms with Crippen LogP contribution in [0.25, 0.3) is 43.9 Å². The molecule has 0 saturated heterocycles. The molecular weight excluding hydrogens is 556 g/mol. The molecule has 0 bridgehead atoms. The first-order valence-corrected chi connectivity index (χ1v) is 15.1. The van der Waals surface area contributed by atoms with Crippen LogP contribution in [-0.2, 0) is 10.1 Å². The van der Waals surface area contributed by atoms with Gasteiger partial charge in [-0.25, -0.2) is 13.0 Å². The average molecular weight is 591 g/mol. The molecule has 2 aromatic carbocycles. The first-order chi connectivity index (χ1) is 20.0. The fourth-order valence-corrected chi connectivity index (χ4v) is 5.35. The summed E-state index contributed by atoms with van der Waals surface area (Å²) in [7, 11) is 1.50. The molecule has 0 radical (unpaired) electrons. The molecule has 0 unspecified atom stereocenters. The summed E-state index contributed by atoms with van der Waals surface area (Å²) < 4.78 is 41.4. The summed E-state index contributed by atoms with van der Waals surface area (Å²) >= 11 is 0. The zero-order chi connectivity index (χ0) is 30.4. The van der Waals surface area contributed by atoms with Gasteiger partial charge in [-0.15, -0.1) is 0 Å². The van der Waals surface area contributed by atoms with Crippen molar-refractivity contribution in [2.24, 2.45) is 5.11 Å². The fraction of sp³-hybridized carbons (Fsp3) is 0.333. The van der Waals surface area contributed by atoms with E-state index >= 15 is 0 Å². The van der Waals surface area contributed by atoms with E-state index in [4.69, 9.17) is 9.95 Å². The lowest BCUT2D eigenvalue weighted by Crippen LogP contribution is -2.28. The highest BCUT2D eigenvalue weighted by molar-refractivity contribution is 7.85. The van der Waals surface area contributed by atoms with Crippen LogP contribution in [0.1, 0.15) is 28.8 Å². The van der Waals surface area contributed by atoms with Crippen LogP contribution in [-0.4, -0.2) is 65.4 Å². The Morgan fingerprint density at radius 2 is 1.86 bits per heavy atom. The average Bonchev–Trinajstić information content (AvgIpc) is 2.94. The van der Waals surface area contributed by atoms with Crippen molar-refractivity contribution in [1.29, 1.82) is 0 Å². The Balaban J connectivity index is 1.80. The summed E-state index contributed by atoms with van der Waals surface area (Å²) in [4.78, 5) is 17.5. The van der Waals surface area contributed by atoms with Crippen LogP contribution in [0, 0.1) is 6.92 Å². The number of carbonyl (C=O) groups is 1. The van der Waals surface area contributed by atoms with Crippen LogP contribution in [0.4, 0.5) is 5.69 Å². The molecule has 0 aromatic heterocycles. The van der Waals surface area contributed by atoms with Gasteiger partial charge in [0, 0.05) is 84.2 Å². The van der Waals surface area contributed by atoms with Gasteiger partial charge in [0.15, 0.2) is 0 Å². The Labute approximate surface area is 244 Å². The summed E-state index contributed by atoms with van der Waals surface area (Å²) in [5.74, 6) is 0.0346. The van der Waals surface area contributed by atoms with E-state index < -0.39 is 15.9 Å². The smallest absolute Gasteiger partial charge is 0.251 e. The van der Waals surface area contributed by atoms with E-state index in [2.05, 4.69) is 15.3 Å². The van der Waals surface area contributed by atoms with Crippen LogP contribution < -0.4 is 20.1 Å². The molecule has 4 rings (SSSR count). The minimum atomic E-state index is -4.27. The maximum atomic E-state index is 12.7. The molecule has 2 aliphatic rings. The second-order valence-corrected chi connectivity index (χ2v) is 11.9. The van der Waals surface area contributed by atoms with E-state index in [9.17, 15) is 17.8 Å². The van der Waals surface area contributed by atoms with Gasteiger partial charge in [0.25, 0.3) is 5.91 Å². The third-order valence-corrected chi connectivity index (χ3v) is 7.86. The predicted molar refractivity (Wildman–Crippen MR) is 164 cm³/mol. The maximum Gasteiger partial charge on any atom is 0.251 e. The van der Waals surface area contributed by atoms with Gasteiger partial charge >= 0.3 is 0 Å². The SMILES string of the molecule is Cc1cc(C(=O)NCCCN=[N+]=[N-])ccc1-c1c2cc/c(=[N+](/C)CCCS(=O)(=O)[O-])cc-2oc2cc(N(C)C)ccc12. The van der Waals surface area contributed by atoms with Crippen molar-refractivity contribution in [3.63, 3.8) is 0 Å². The van der Waals surface area contributed by atoms with Crippen LogP contribution in [0.15, 0.2) is 64.1 Å². The maximum absolute atomic E-state index is 12.7. The summed E-state index contributed by atoms with van der Waals surface area (Å²) in [6, 6.07) is 17.5. The number of anilines is 1. The highest BCUT2D eigenvalue weighted by atomic mass is 32.2. The normalized spacial score (nSPS) is 12.2. The molecular formula is C30H34N6O5S. The number of azide groups is 1. The quantitative estimate of drug-likeness (QED) is 0.0521. The number of amides is 1. The van der Waals surface area contributed by atoms with Crippen molar-refractivity contribution in [3.8, 4) is 22.5 Å². The van der Waals surface area contributed by atoms with E-state index in [-0.39, 0.29) is 12.3 Å². The summed E-state index contributed by atoms with van der Waals surface area (Å²) in [5, 5.41) is 8.10. The third kappa shape index (κ3) is 7.27. The second-order valence-electron chi connectivity index (χ2n) is 10.4. The minimum Gasteiger partial charge on any atom is -0.748 e. The van der Waals surface area contributed by atoms with Gasteiger partial charge in [0.05, 0.1) is 16.2 Å². The summed E-state index contributed by atoms with van der Waals surface area (Å²) in [6.45, 7) is 3.09. The van der Waals surface area contributed by atoms with E-state index in [1.165, 1.54) is 0 Å². The van der Waals surface area contributed by atoms with Crippen LogP contribution >= 0.6 is 0 Å². The Kier molecular flexibility index (Phi) is 9.52. The van der Waals surface area contributed by atoms with Gasteiger partial charge < -0.3 is 19.2 Å². The topological polar surface area (TPSA) is 154 Å². The molecule has 1 aliphatic carbocycles. The Hall–Kier alpha value is -4.38. The molecule has 0 atom stereocenters. The van der Waals surface area contributed by atoms with Gasteiger partial charge in [-0.1, -0.05) is 11.2 Å². The lowest BCUT2D eigenvalue weighted by Gasteiger charge is -2.19. The van der Waals surface area contributed by atoms with Gasteiger partial charge in [-0.2, -0.15) is 0 Å². The molecule has 220 valence electrons. The zero-order valence-electron chi connectivity index (χ0n) is 24.1. The molecule has 42 heavy (non-hydrogen) atoms. The molecule has 11 nitrogen and oxygen atoms in total. The number of hydrogen-bond donors (Lipinski definition) is 1. The monoisotopic (exact) mass is 590 g/mol. The first-order valence-electron chi connectivity index (χ1n) is 13.5. The number of rotatable bonds is 11. The number of carbonyl (C=O) groups excluding carboxylic acids is 1. The Morgan fingerprint density at radius 1 is 1.10 bits per heavy atom. The third-order valence-electron chi connectivity index (χ3n) is 7.08. The largest absolute Gasteiger partial charge is 0.748 e. The standard InChI is InChI=1S/C30H34N6O5S/c1-20-17-21(30(37)32-13-5-14-33-34-31)7-10-24(20)29-25-11-8-22(35(2)3)18-27(25)41-28-19-23(9-12-26(28)29)36(4)15-6-16-42(38,39)40/h7-12,17-19H,5-6,13-16H2,1-4H3,(H-,32,37,38,39,40). The van der Waals surface area contributed by atoms with Crippen molar-refractivity contribution in [2.45, 2.75) is 19.8 Å². The molecule has 0 fully saturated rings. The second kappa shape index (κ2) is 13.1. The molecule has 0 spiro atoms. The molecule has 0 saturated carbocycles. The van der Waals surface area contributed by atoms with E-state index in [0.29, 0.717) is 43.0 Å². The van der Waals surface area contributed by atoms with Crippen LogP contribution in [0.3, 0.4) is 0 Å². The predicted octanol–water partition coefficient (Wildman–Crippen LogP) is 4.35. The van der Waals surface area contributed by atoms with Crippen LogP contribution in [0.5, 0.6) is 0 Å². The van der Waals surface area contributed by atoms with Crippen LogP contribution in [0.2, 0.25) is 0 Å². The zero-order valence-corrected chi connectivity index (χ0v) is 24.9. The molecule has 1 heterocycles. The van der Waals surface area contributed by atoms with Gasteiger partial charge in [-0.05, 0) is 60.3 Å². The highest BCUT2D eigenvalue weighted by Crippen LogP contribution is 2.41. The van der Waals surface area contributed by atoms with E-state index in [1.807, 2.05) is 86.1 Å². The number of nitrogens with zero attached hydrogens (tertiary/aromatic N) is 5. The molecule has 1 aliphatic heterocycles. The van der Waals surface area contributed by atoms with Gasteiger partial charge in [-0.3, -0.25) is 4.79 Å². The molecule has 2 aromatic rings. The van der Waals surface area contributed by atoms with E-state index in [1.54, 1.807) is 6.07 Å². The van der Waals surface area contributed by atoms with Crippen molar-refractivity contribution in [1.82, 2.24) is 9.89 Å². The number of fused-ring (bicyclic) bond motifs is 2. The highest BCUT2D eigenvalue weighted by Gasteiger charge is 2.21. The first kappa shape index (κ1) is 30.6. The van der Waals surface area contributed by atoms with Gasteiger partial charge in [0.1, 0.15) is 24.9 Å². The van der Waals surface area contributed by atoms with Gasteiger partial charge in [0.2, 0.25) is 5.36 Å². The summed E-state index contributed by atoms with van der Waals surface area (Å²) in [6.07, 6.45) is 0.780. The Bertz CT molecular complexity index is 1820. The minimum absolute atomic E-state index is 0.198. The fourth-order valence-electron chi connectivity index (χ4n) is 4.86. The molecule has 1 amide bonds. The number of aryl methyl sites for hydroxylation is 1. The van der Waals surface area contributed by atoms with Crippen molar-refractivity contribution in [3.05, 3.63) is 81.5 Å². The summed E-state index contributed by atoms with van der Waals surface area (Å²) in [5.41, 5.74) is 14.3. The Morgan fingerprint density at radius 3 is 2.55 bits per heavy atom. The molecule has 1 N–H and O–H groups in total.